The number of hydrogen-bond acceptors (Lipinski definition) is 4. The van der Waals surface area contributed by atoms with Gasteiger partial charge in [0.1, 0.15) is 17.4 Å². The first-order valence-corrected chi connectivity index (χ1v) is 8.54. The lowest BCUT2D eigenvalue weighted by molar-refractivity contribution is -0.120. The number of nitriles is 1. The second-order valence-electron chi connectivity index (χ2n) is 5.58. The van der Waals surface area contributed by atoms with Crippen molar-refractivity contribution in [1.82, 2.24) is 0 Å². The van der Waals surface area contributed by atoms with Crippen LogP contribution in [0.15, 0.2) is 48.0 Å². The van der Waals surface area contributed by atoms with Crippen molar-refractivity contribution in [3.63, 3.8) is 0 Å². The first-order chi connectivity index (χ1) is 12.9. The van der Waals surface area contributed by atoms with E-state index in [9.17, 15) is 14.9 Å². The van der Waals surface area contributed by atoms with E-state index < -0.39 is 11.8 Å². The summed E-state index contributed by atoms with van der Waals surface area (Å²) in [6, 6.07) is 14.0. The molecule has 2 aromatic rings. The fourth-order valence-electron chi connectivity index (χ4n) is 2.33. The van der Waals surface area contributed by atoms with Crippen molar-refractivity contribution in [2.75, 3.05) is 11.9 Å². The third kappa shape index (κ3) is 5.59. The minimum absolute atomic E-state index is 0.0669. The Hall–Kier alpha value is -3.30. The Balaban J connectivity index is 2.20. The summed E-state index contributed by atoms with van der Waals surface area (Å²) < 4.78 is 5.17. The van der Waals surface area contributed by atoms with E-state index in [0.29, 0.717) is 11.3 Å². The van der Waals surface area contributed by atoms with E-state index in [2.05, 4.69) is 5.32 Å². The fourth-order valence-corrected chi connectivity index (χ4v) is 2.57. The summed E-state index contributed by atoms with van der Waals surface area (Å²) >= 11 is 6.10. The van der Waals surface area contributed by atoms with E-state index >= 15 is 0 Å². The van der Waals surface area contributed by atoms with Gasteiger partial charge in [0.15, 0.2) is 6.61 Å². The number of nitrogens with one attached hydrogen (secondary N) is 1. The van der Waals surface area contributed by atoms with E-state index in [4.69, 9.17) is 22.1 Å². The maximum Gasteiger partial charge on any atom is 0.266 e. The maximum atomic E-state index is 12.4. The van der Waals surface area contributed by atoms with Crippen LogP contribution in [0.25, 0.3) is 6.08 Å². The Morgan fingerprint density at radius 1 is 1.30 bits per heavy atom. The summed E-state index contributed by atoms with van der Waals surface area (Å²) in [6.07, 6.45) is 2.18. The van der Waals surface area contributed by atoms with Gasteiger partial charge in [0.25, 0.3) is 11.8 Å². The zero-order chi connectivity index (χ0) is 19.8. The molecule has 3 N–H and O–H groups in total. The van der Waals surface area contributed by atoms with E-state index in [1.165, 1.54) is 18.2 Å². The third-order valence-corrected chi connectivity index (χ3v) is 3.94. The normalized spacial score (nSPS) is 10.8. The number of hydrogen-bond donors (Lipinski definition) is 2. The first kappa shape index (κ1) is 20.0. The van der Waals surface area contributed by atoms with Gasteiger partial charge in [-0.1, -0.05) is 42.8 Å². The molecule has 27 heavy (non-hydrogen) atoms. The van der Waals surface area contributed by atoms with Crippen LogP contribution < -0.4 is 15.8 Å². The molecule has 0 aliphatic carbocycles. The summed E-state index contributed by atoms with van der Waals surface area (Å²) in [7, 11) is 0. The van der Waals surface area contributed by atoms with Gasteiger partial charge in [-0.3, -0.25) is 9.59 Å². The number of para-hydroxylation sites is 1. The van der Waals surface area contributed by atoms with Crippen LogP contribution in [-0.4, -0.2) is 18.4 Å². The second-order valence-corrected chi connectivity index (χ2v) is 5.99. The zero-order valence-electron chi connectivity index (χ0n) is 14.7. The van der Waals surface area contributed by atoms with Gasteiger partial charge in [-0.05, 0) is 41.8 Å². The van der Waals surface area contributed by atoms with Gasteiger partial charge in [0.2, 0.25) is 0 Å². The monoisotopic (exact) mass is 383 g/mol. The van der Waals surface area contributed by atoms with E-state index in [1.807, 2.05) is 31.2 Å². The zero-order valence-corrected chi connectivity index (χ0v) is 15.4. The molecule has 0 aliphatic rings. The lowest BCUT2D eigenvalue weighted by Crippen LogP contribution is -2.20. The van der Waals surface area contributed by atoms with Crippen LogP contribution in [0, 0.1) is 11.3 Å². The smallest absolute Gasteiger partial charge is 0.266 e. The SMILES string of the molecule is CCc1ccccc1NC(=O)C(C#N)=Cc1ccc(OCC(N)=O)c(Cl)c1. The summed E-state index contributed by atoms with van der Waals surface area (Å²) in [5.41, 5.74) is 7.14. The Bertz CT molecular complexity index is 932. The predicted molar refractivity (Wildman–Crippen MR) is 104 cm³/mol. The summed E-state index contributed by atoms with van der Waals surface area (Å²) in [6.45, 7) is 1.69. The largest absolute Gasteiger partial charge is 0.482 e. The van der Waals surface area contributed by atoms with Crippen LogP contribution in [0.5, 0.6) is 5.75 Å². The standard InChI is InChI=1S/C20H18ClN3O3/c1-2-14-5-3-4-6-17(14)24-20(26)15(11-22)9-13-7-8-18(16(21)10-13)27-12-19(23)25/h3-10H,2,12H2,1H3,(H2,23,25)(H,24,26). The minimum Gasteiger partial charge on any atom is -0.482 e. The molecule has 0 radical (unpaired) electrons. The number of anilines is 1. The van der Waals surface area contributed by atoms with Gasteiger partial charge in [0, 0.05) is 5.69 Å². The average molecular weight is 384 g/mol. The molecule has 7 heteroatoms. The molecule has 0 fully saturated rings. The highest BCUT2D eigenvalue weighted by atomic mass is 35.5. The summed E-state index contributed by atoms with van der Waals surface area (Å²) in [4.78, 5) is 23.2. The predicted octanol–water partition coefficient (Wildman–Crippen LogP) is 3.31. The fraction of sp³-hybridized carbons (Fsp3) is 0.150. The van der Waals surface area contributed by atoms with Gasteiger partial charge in [-0.25, -0.2) is 0 Å². The van der Waals surface area contributed by atoms with Gasteiger partial charge >= 0.3 is 0 Å². The highest BCUT2D eigenvalue weighted by Gasteiger charge is 2.12. The van der Waals surface area contributed by atoms with E-state index in [0.717, 1.165) is 12.0 Å². The minimum atomic E-state index is -0.620. The molecule has 0 heterocycles. The van der Waals surface area contributed by atoms with Gasteiger partial charge in [0.05, 0.1) is 5.02 Å². The number of primary amides is 1. The Labute approximate surface area is 162 Å². The number of amides is 2. The lowest BCUT2D eigenvalue weighted by atomic mass is 10.1. The third-order valence-electron chi connectivity index (χ3n) is 3.65. The van der Waals surface area contributed by atoms with Gasteiger partial charge < -0.3 is 15.8 Å². The van der Waals surface area contributed by atoms with Crippen LogP contribution in [0.1, 0.15) is 18.1 Å². The topological polar surface area (TPSA) is 105 Å². The molecule has 2 amide bonds. The molecule has 0 bridgehead atoms. The number of carbonyl (C=O) groups is 2. The van der Waals surface area contributed by atoms with Gasteiger partial charge in [-0.15, -0.1) is 0 Å². The highest BCUT2D eigenvalue weighted by molar-refractivity contribution is 6.32. The number of benzene rings is 2. The number of aryl methyl sites for hydroxylation is 1. The van der Waals surface area contributed by atoms with Crippen molar-refractivity contribution in [3.8, 4) is 11.8 Å². The molecule has 2 aromatic carbocycles. The summed E-state index contributed by atoms with van der Waals surface area (Å²) in [5, 5.41) is 12.3. The number of halogens is 1. The molecule has 6 nitrogen and oxygen atoms in total. The van der Waals surface area contributed by atoms with Crippen LogP contribution in [-0.2, 0) is 16.0 Å². The first-order valence-electron chi connectivity index (χ1n) is 8.16. The molecule has 0 spiro atoms. The Morgan fingerprint density at radius 2 is 2.04 bits per heavy atom. The molecule has 2 rings (SSSR count). The lowest BCUT2D eigenvalue weighted by Gasteiger charge is -2.09. The molecular weight excluding hydrogens is 366 g/mol. The molecule has 0 saturated carbocycles. The average Bonchev–Trinajstić information content (AvgIpc) is 2.65. The van der Waals surface area contributed by atoms with Crippen LogP contribution in [0.2, 0.25) is 5.02 Å². The molecule has 0 aromatic heterocycles. The molecule has 0 aliphatic heterocycles. The Kier molecular flexibility index (Phi) is 6.98. The molecule has 138 valence electrons. The van der Waals surface area contributed by atoms with Crippen molar-refractivity contribution in [2.24, 2.45) is 5.73 Å². The number of ether oxygens (including phenoxy) is 1. The molecular formula is C20H18ClN3O3. The number of nitrogens with two attached hydrogens (primary N) is 1. The van der Waals surface area contributed by atoms with Crippen molar-refractivity contribution < 1.29 is 14.3 Å². The van der Waals surface area contributed by atoms with Crippen molar-refractivity contribution in [2.45, 2.75) is 13.3 Å². The van der Waals surface area contributed by atoms with E-state index in [-0.39, 0.29) is 23.0 Å². The number of rotatable bonds is 7. The molecule has 0 unspecified atom stereocenters. The van der Waals surface area contributed by atoms with Crippen molar-refractivity contribution in [3.05, 3.63) is 64.2 Å². The summed E-state index contributed by atoms with van der Waals surface area (Å²) in [5.74, 6) is -0.845. The highest BCUT2D eigenvalue weighted by Crippen LogP contribution is 2.26. The maximum absolute atomic E-state index is 12.4. The van der Waals surface area contributed by atoms with E-state index in [1.54, 1.807) is 12.1 Å². The number of nitrogens with zero attached hydrogens (tertiary/aromatic N) is 1. The van der Waals surface area contributed by atoms with Crippen molar-refractivity contribution in [1.29, 1.82) is 5.26 Å². The number of carbonyl (C=O) groups excluding carboxylic acids is 2. The second kappa shape index (κ2) is 9.41. The molecule has 0 atom stereocenters. The van der Waals surface area contributed by atoms with Crippen LogP contribution in [0.4, 0.5) is 5.69 Å². The Morgan fingerprint density at radius 3 is 2.67 bits per heavy atom. The van der Waals surface area contributed by atoms with Crippen LogP contribution in [0.3, 0.4) is 0 Å². The quantitative estimate of drug-likeness (QED) is 0.565. The van der Waals surface area contributed by atoms with Crippen LogP contribution >= 0.6 is 11.6 Å². The molecule has 0 saturated heterocycles. The van der Waals surface area contributed by atoms with Gasteiger partial charge in [-0.2, -0.15) is 5.26 Å². The van der Waals surface area contributed by atoms with Crippen molar-refractivity contribution >= 4 is 35.2 Å².